The predicted molar refractivity (Wildman–Crippen MR) is 151 cm³/mol. The first-order chi connectivity index (χ1) is 18.2. The number of amides is 1. The van der Waals surface area contributed by atoms with Gasteiger partial charge < -0.3 is 5.32 Å². The number of halogens is 3. The first kappa shape index (κ1) is 28.4. The van der Waals surface area contributed by atoms with Gasteiger partial charge in [-0.1, -0.05) is 83.0 Å². The van der Waals surface area contributed by atoms with Crippen LogP contribution in [0.3, 0.4) is 0 Å². The van der Waals surface area contributed by atoms with Crippen molar-refractivity contribution < 1.29 is 13.2 Å². The number of sulfonamides is 1. The Balaban J connectivity index is 1.39. The highest BCUT2D eigenvalue weighted by atomic mass is 35.5. The van der Waals surface area contributed by atoms with Gasteiger partial charge >= 0.3 is 0 Å². The van der Waals surface area contributed by atoms with Gasteiger partial charge in [0.25, 0.3) is 0 Å². The molecular formula is C25H22Cl3N5O3S2. The lowest BCUT2D eigenvalue weighted by Gasteiger charge is -2.22. The van der Waals surface area contributed by atoms with E-state index in [1.165, 1.54) is 42.1 Å². The van der Waals surface area contributed by atoms with Gasteiger partial charge in [0, 0.05) is 39.5 Å². The first-order valence-electron chi connectivity index (χ1n) is 11.3. The smallest absolute Gasteiger partial charge is 0.243 e. The van der Waals surface area contributed by atoms with Crippen LogP contribution in [0.4, 0.5) is 0 Å². The Bertz CT molecular complexity index is 1500. The fraction of sp³-hybridized carbons (Fsp3) is 0.160. The molecule has 4 rings (SSSR count). The minimum atomic E-state index is -4.04. The second-order valence-corrected chi connectivity index (χ2v) is 12.3. The number of carbonyl (C=O) groups excluding carboxylic acids is 1. The van der Waals surface area contributed by atoms with E-state index in [0.717, 1.165) is 9.87 Å². The molecule has 1 amide bonds. The molecule has 0 saturated carbocycles. The SMILES string of the molecule is O=C(CN(Cc1ccc(Cl)cc1Cl)S(=O)(=O)c1ccc(Cl)cc1)NCCSc1n[nH]c(-c2ccccc2)n1. The number of rotatable bonds is 11. The van der Waals surface area contributed by atoms with Gasteiger partial charge in [0.15, 0.2) is 5.82 Å². The van der Waals surface area contributed by atoms with Crippen molar-refractivity contribution in [2.75, 3.05) is 18.8 Å². The molecule has 0 aliphatic heterocycles. The fourth-order valence-electron chi connectivity index (χ4n) is 3.41. The zero-order chi connectivity index (χ0) is 27.1. The Morgan fingerprint density at radius 2 is 1.68 bits per heavy atom. The van der Waals surface area contributed by atoms with Gasteiger partial charge in [-0.05, 0) is 42.0 Å². The summed E-state index contributed by atoms with van der Waals surface area (Å²) in [6.07, 6.45) is 0. The summed E-state index contributed by atoms with van der Waals surface area (Å²) in [6, 6.07) is 20.1. The van der Waals surface area contributed by atoms with Crippen molar-refractivity contribution in [1.82, 2.24) is 24.8 Å². The molecule has 3 aromatic carbocycles. The molecule has 13 heteroatoms. The third kappa shape index (κ3) is 7.49. The van der Waals surface area contributed by atoms with E-state index in [9.17, 15) is 13.2 Å². The van der Waals surface area contributed by atoms with Gasteiger partial charge in [-0.15, -0.1) is 5.10 Å². The molecule has 0 saturated heterocycles. The van der Waals surface area contributed by atoms with Crippen LogP contribution in [0.1, 0.15) is 5.56 Å². The molecule has 0 fully saturated rings. The largest absolute Gasteiger partial charge is 0.354 e. The van der Waals surface area contributed by atoms with Crippen LogP contribution in [0.5, 0.6) is 0 Å². The molecule has 0 unspecified atom stereocenters. The van der Waals surface area contributed by atoms with Crippen molar-refractivity contribution in [2.45, 2.75) is 16.6 Å². The van der Waals surface area contributed by atoms with E-state index in [4.69, 9.17) is 34.8 Å². The molecule has 8 nitrogen and oxygen atoms in total. The van der Waals surface area contributed by atoms with E-state index in [2.05, 4.69) is 20.5 Å². The lowest BCUT2D eigenvalue weighted by atomic mass is 10.2. The van der Waals surface area contributed by atoms with Crippen LogP contribution in [0.15, 0.2) is 82.8 Å². The van der Waals surface area contributed by atoms with Crippen molar-refractivity contribution in [3.63, 3.8) is 0 Å². The second-order valence-electron chi connectivity index (χ2n) is 7.99. The molecule has 1 aromatic heterocycles. The van der Waals surface area contributed by atoms with Gasteiger partial charge in [-0.25, -0.2) is 13.4 Å². The highest BCUT2D eigenvalue weighted by Crippen LogP contribution is 2.26. The number of hydrogen-bond donors (Lipinski definition) is 2. The maximum absolute atomic E-state index is 13.4. The summed E-state index contributed by atoms with van der Waals surface area (Å²) in [4.78, 5) is 17.2. The van der Waals surface area contributed by atoms with Gasteiger partial charge in [0.2, 0.25) is 21.1 Å². The Hall–Kier alpha value is -2.60. The highest BCUT2D eigenvalue weighted by molar-refractivity contribution is 7.99. The summed E-state index contributed by atoms with van der Waals surface area (Å²) in [7, 11) is -4.04. The lowest BCUT2D eigenvalue weighted by Crippen LogP contribution is -2.41. The molecule has 0 atom stereocenters. The van der Waals surface area contributed by atoms with Crippen molar-refractivity contribution >= 4 is 62.5 Å². The van der Waals surface area contributed by atoms with Crippen LogP contribution in [0.25, 0.3) is 11.4 Å². The third-order valence-electron chi connectivity index (χ3n) is 5.30. The normalized spacial score (nSPS) is 11.6. The maximum Gasteiger partial charge on any atom is 0.243 e. The summed E-state index contributed by atoms with van der Waals surface area (Å²) < 4.78 is 27.9. The van der Waals surface area contributed by atoms with Crippen LogP contribution >= 0.6 is 46.6 Å². The first-order valence-corrected chi connectivity index (χ1v) is 14.9. The summed E-state index contributed by atoms with van der Waals surface area (Å²) in [5.41, 5.74) is 1.43. The lowest BCUT2D eigenvalue weighted by molar-refractivity contribution is -0.121. The zero-order valence-electron chi connectivity index (χ0n) is 19.8. The summed E-state index contributed by atoms with van der Waals surface area (Å²) in [5, 5.41) is 11.5. The van der Waals surface area contributed by atoms with Crippen LogP contribution in [0.2, 0.25) is 15.1 Å². The Morgan fingerprint density at radius 3 is 2.39 bits per heavy atom. The molecule has 38 heavy (non-hydrogen) atoms. The number of nitrogens with one attached hydrogen (secondary N) is 2. The summed E-state index contributed by atoms with van der Waals surface area (Å²) >= 11 is 19.6. The van der Waals surface area contributed by atoms with Gasteiger partial charge in [0.1, 0.15) is 0 Å². The molecule has 1 heterocycles. The number of aromatic amines is 1. The van der Waals surface area contributed by atoms with Crippen molar-refractivity contribution in [1.29, 1.82) is 0 Å². The predicted octanol–water partition coefficient (Wildman–Crippen LogP) is 5.53. The molecule has 0 bridgehead atoms. The van der Waals surface area contributed by atoms with E-state index in [1.807, 2.05) is 30.3 Å². The minimum Gasteiger partial charge on any atom is -0.354 e. The monoisotopic (exact) mass is 609 g/mol. The molecule has 198 valence electrons. The topological polar surface area (TPSA) is 108 Å². The zero-order valence-corrected chi connectivity index (χ0v) is 23.7. The Labute approximate surface area is 239 Å². The number of H-pyrrole nitrogens is 1. The molecule has 0 radical (unpaired) electrons. The molecular weight excluding hydrogens is 589 g/mol. The molecule has 0 aliphatic carbocycles. The summed E-state index contributed by atoms with van der Waals surface area (Å²) in [6.45, 7) is -0.245. The average molecular weight is 611 g/mol. The highest BCUT2D eigenvalue weighted by Gasteiger charge is 2.27. The van der Waals surface area contributed by atoms with Crippen LogP contribution < -0.4 is 5.32 Å². The quantitative estimate of drug-likeness (QED) is 0.171. The minimum absolute atomic E-state index is 0.00849. The van der Waals surface area contributed by atoms with Crippen LogP contribution in [-0.4, -0.2) is 52.7 Å². The van der Waals surface area contributed by atoms with Gasteiger partial charge in [-0.3, -0.25) is 9.89 Å². The number of thioether (sulfide) groups is 1. The standard InChI is InChI=1S/C25H22Cl3N5O3S2/c26-19-8-10-21(11-9-19)38(35,36)33(15-18-6-7-20(27)14-22(18)28)16-23(34)29-12-13-37-25-30-24(31-32-25)17-4-2-1-3-5-17/h1-11,14H,12-13,15-16H2,(H,29,34)(H,30,31,32). The fourth-order valence-corrected chi connectivity index (χ4v) is 6.03. The number of benzene rings is 3. The number of hydrogen-bond acceptors (Lipinski definition) is 6. The molecule has 0 aliphatic rings. The molecule has 2 N–H and O–H groups in total. The van der Waals surface area contributed by atoms with Crippen LogP contribution in [-0.2, 0) is 21.4 Å². The van der Waals surface area contributed by atoms with Crippen molar-refractivity contribution in [2.24, 2.45) is 0 Å². The summed E-state index contributed by atoms with van der Waals surface area (Å²) in [5.74, 6) is 0.680. The molecule has 4 aromatic rings. The van der Waals surface area contributed by atoms with Crippen LogP contribution in [0, 0.1) is 0 Å². The van der Waals surface area contributed by atoms with E-state index < -0.39 is 22.5 Å². The van der Waals surface area contributed by atoms with E-state index >= 15 is 0 Å². The average Bonchev–Trinajstić information content (AvgIpc) is 3.37. The second kappa shape index (κ2) is 13.0. The number of carbonyl (C=O) groups is 1. The Kier molecular flexibility index (Phi) is 9.69. The van der Waals surface area contributed by atoms with Gasteiger partial charge in [-0.2, -0.15) is 4.31 Å². The third-order valence-corrected chi connectivity index (χ3v) is 8.79. The maximum atomic E-state index is 13.4. The van der Waals surface area contributed by atoms with E-state index in [-0.39, 0.29) is 18.0 Å². The van der Waals surface area contributed by atoms with Crippen molar-refractivity contribution in [3.05, 3.63) is 93.4 Å². The van der Waals surface area contributed by atoms with E-state index in [0.29, 0.717) is 37.4 Å². The Morgan fingerprint density at radius 1 is 0.974 bits per heavy atom. The molecule has 0 spiro atoms. The number of nitrogens with zero attached hydrogens (tertiary/aromatic N) is 3. The number of aromatic nitrogens is 3. The van der Waals surface area contributed by atoms with Gasteiger partial charge in [0.05, 0.1) is 11.4 Å². The van der Waals surface area contributed by atoms with E-state index in [1.54, 1.807) is 12.1 Å². The van der Waals surface area contributed by atoms with Crippen molar-refractivity contribution in [3.8, 4) is 11.4 Å².